The number of aldehydes is 1. The van der Waals surface area contributed by atoms with Gasteiger partial charge in [-0.15, -0.1) is 0 Å². The molecule has 20 heavy (non-hydrogen) atoms. The van der Waals surface area contributed by atoms with Gasteiger partial charge in [0.2, 0.25) is 0 Å². The lowest BCUT2D eigenvalue weighted by atomic mass is 9.94. The summed E-state index contributed by atoms with van der Waals surface area (Å²) in [6, 6.07) is 10.2. The van der Waals surface area contributed by atoms with Gasteiger partial charge in [0.15, 0.2) is 5.12 Å². The van der Waals surface area contributed by atoms with Crippen LogP contribution in [-0.2, 0) is 16.0 Å². The summed E-state index contributed by atoms with van der Waals surface area (Å²) in [5.74, 6) is 0.861. The summed E-state index contributed by atoms with van der Waals surface area (Å²) in [7, 11) is 0. The van der Waals surface area contributed by atoms with Crippen LogP contribution in [0.15, 0.2) is 42.0 Å². The first-order valence-corrected chi connectivity index (χ1v) is 7.92. The number of thioether (sulfide) groups is 1. The molecular formula is C17H22O2S. The maximum absolute atomic E-state index is 12.0. The molecule has 0 fully saturated rings. The lowest BCUT2D eigenvalue weighted by Crippen LogP contribution is -2.09. The molecule has 0 bridgehead atoms. The molecule has 0 aliphatic carbocycles. The minimum Gasteiger partial charge on any atom is -0.303 e. The average molecular weight is 290 g/mol. The summed E-state index contributed by atoms with van der Waals surface area (Å²) in [6.07, 6.45) is 4.67. The third-order valence-corrected chi connectivity index (χ3v) is 4.29. The Balaban J connectivity index is 2.36. The van der Waals surface area contributed by atoms with Crippen LogP contribution in [0.3, 0.4) is 0 Å². The van der Waals surface area contributed by atoms with E-state index >= 15 is 0 Å². The van der Waals surface area contributed by atoms with E-state index in [1.54, 1.807) is 0 Å². The highest BCUT2D eigenvalue weighted by atomic mass is 32.2. The van der Waals surface area contributed by atoms with Gasteiger partial charge in [0, 0.05) is 18.6 Å². The molecule has 3 heteroatoms. The maximum Gasteiger partial charge on any atom is 0.189 e. The molecule has 0 saturated heterocycles. The number of carbonyl (C=O) groups is 2. The van der Waals surface area contributed by atoms with Crippen molar-refractivity contribution in [3.63, 3.8) is 0 Å². The van der Waals surface area contributed by atoms with Crippen LogP contribution in [0.25, 0.3) is 0 Å². The number of hydrogen-bond acceptors (Lipinski definition) is 3. The lowest BCUT2D eigenvalue weighted by Gasteiger charge is -2.13. The Morgan fingerprint density at radius 2 is 2.00 bits per heavy atom. The highest BCUT2D eigenvalue weighted by Gasteiger charge is 2.15. The molecule has 0 spiro atoms. The van der Waals surface area contributed by atoms with E-state index in [0.717, 1.165) is 24.0 Å². The molecule has 0 unspecified atom stereocenters. The fourth-order valence-electron chi connectivity index (χ4n) is 1.97. The van der Waals surface area contributed by atoms with Crippen LogP contribution in [-0.4, -0.2) is 17.2 Å². The topological polar surface area (TPSA) is 34.1 Å². The van der Waals surface area contributed by atoms with Gasteiger partial charge in [0.05, 0.1) is 0 Å². The van der Waals surface area contributed by atoms with Crippen LogP contribution in [0.4, 0.5) is 0 Å². The van der Waals surface area contributed by atoms with E-state index in [0.29, 0.717) is 12.8 Å². The van der Waals surface area contributed by atoms with E-state index in [4.69, 9.17) is 0 Å². The molecule has 0 aliphatic rings. The molecule has 0 aliphatic heterocycles. The average Bonchev–Trinajstić information content (AvgIpc) is 2.47. The smallest absolute Gasteiger partial charge is 0.189 e. The molecule has 0 amide bonds. The SMILES string of the molecule is C/C=C(/C)[C@@H](CC=O)CC(=O)SCCc1ccccc1. The lowest BCUT2D eigenvalue weighted by molar-refractivity contribution is -0.112. The van der Waals surface area contributed by atoms with Gasteiger partial charge in [-0.3, -0.25) is 4.79 Å². The van der Waals surface area contributed by atoms with E-state index < -0.39 is 0 Å². The highest BCUT2D eigenvalue weighted by molar-refractivity contribution is 8.13. The van der Waals surface area contributed by atoms with Crippen LogP contribution < -0.4 is 0 Å². The van der Waals surface area contributed by atoms with Gasteiger partial charge >= 0.3 is 0 Å². The van der Waals surface area contributed by atoms with E-state index in [2.05, 4.69) is 12.1 Å². The molecule has 0 heterocycles. The number of rotatable bonds is 8. The van der Waals surface area contributed by atoms with Crippen molar-refractivity contribution in [2.75, 3.05) is 5.75 Å². The molecule has 108 valence electrons. The summed E-state index contributed by atoms with van der Waals surface area (Å²) >= 11 is 1.37. The van der Waals surface area contributed by atoms with Crippen molar-refractivity contribution in [2.24, 2.45) is 5.92 Å². The zero-order chi connectivity index (χ0) is 14.8. The standard InChI is InChI=1S/C17H22O2S/c1-3-14(2)16(9-11-18)13-17(19)20-12-10-15-7-5-4-6-8-15/h3-8,11,16H,9-10,12-13H2,1-2H3/b14-3-/t16-/m0/s1. The molecular weight excluding hydrogens is 268 g/mol. The van der Waals surface area contributed by atoms with Crippen LogP contribution in [0.5, 0.6) is 0 Å². The Hall–Kier alpha value is -1.35. The predicted molar refractivity (Wildman–Crippen MR) is 85.8 cm³/mol. The predicted octanol–water partition coefficient (Wildman–Crippen LogP) is 4.05. The van der Waals surface area contributed by atoms with E-state index in [1.807, 2.05) is 38.1 Å². The number of carbonyl (C=O) groups excluding carboxylic acids is 2. The molecule has 1 rings (SSSR count). The molecule has 0 saturated carbocycles. The fraction of sp³-hybridized carbons (Fsp3) is 0.412. The zero-order valence-electron chi connectivity index (χ0n) is 12.2. The van der Waals surface area contributed by atoms with Gasteiger partial charge in [-0.25, -0.2) is 0 Å². The van der Waals surface area contributed by atoms with Crippen molar-refractivity contribution in [1.29, 1.82) is 0 Å². The van der Waals surface area contributed by atoms with Gasteiger partial charge in [0.1, 0.15) is 6.29 Å². The van der Waals surface area contributed by atoms with E-state index in [9.17, 15) is 9.59 Å². The summed E-state index contributed by atoms with van der Waals surface area (Å²) in [5.41, 5.74) is 2.37. The van der Waals surface area contributed by atoms with Crippen molar-refractivity contribution in [3.05, 3.63) is 47.5 Å². The summed E-state index contributed by atoms with van der Waals surface area (Å²) < 4.78 is 0. The normalized spacial score (nSPS) is 13.0. The van der Waals surface area contributed by atoms with Crippen LogP contribution in [0, 0.1) is 5.92 Å². The van der Waals surface area contributed by atoms with Crippen molar-refractivity contribution in [1.82, 2.24) is 0 Å². The quantitative estimate of drug-likeness (QED) is 0.535. The first-order chi connectivity index (χ1) is 9.67. The second-order valence-corrected chi connectivity index (χ2v) is 5.94. The van der Waals surface area contributed by atoms with Gasteiger partial charge in [0.25, 0.3) is 0 Å². The first kappa shape index (κ1) is 16.7. The molecule has 0 aromatic heterocycles. The van der Waals surface area contributed by atoms with Crippen molar-refractivity contribution in [3.8, 4) is 0 Å². The Labute approximate surface area is 125 Å². The largest absolute Gasteiger partial charge is 0.303 e. The first-order valence-electron chi connectivity index (χ1n) is 6.93. The van der Waals surface area contributed by atoms with Gasteiger partial charge in [-0.05, 0) is 31.7 Å². The molecule has 1 atom stereocenters. The minimum absolute atomic E-state index is 0.0641. The number of benzene rings is 1. The molecule has 1 aromatic rings. The molecule has 0 radical (unpaired) electrons. The summed E-state index contributed by atoms with van der Waals surface area (Å²) in [4.78, 5) is 22.6. The zero-order valence-corrected chi connectivity index (χ0v) is 13.0. The number of hydrogen-bond donors (Lipinski definition) is 0. The van der Waals surface area contributed by atoms with Gasteiger partial charge < -0.3 is 4.79 Å². The van der Waals surface area contributed by atoms with E-state index in [1.165, 1.54) is 17.3 Å². The van der Waals surface area contributed by atoms with Gasteiger partial charge in [-0.2, -0.15) is 0 Å². The fourth-order valence-corrected chi connectivity index (χ4v) is 2.85. The van der Waals surface area contributed by atoms with Crippen LogP contribution >= 0.6 is 11.8 Å². The molecule has 0 N–H and O–H groups in total. The second-order valence-electron chi connectivity index (χ2n) is 4.79. The van der Waals surface area contributed by atoms with Crippen molar-refractivity contribution < 1.29 is 9.59 Å². The van der Waals surface area contributed by atoms with Crippen molar-refractivity contribution in [2.45, 2.75) is 33.1 Å². The number of allylic oxidation sites excluding steroid dienone is 2. The van der Waals surface area contributed by atoms with Crippen LogP contribution in [0.1, 0.15) is 32.3 Å². The molecule has 2 nitrogen and oxygen atoms in total. The Morgan fingerprint density at radius 3 is 2.60 bits per heavy atom. The maximum atomic E-state index is 12.0. The Morgan fingerprint density at radius 1 is 1.30 bits per heavy atom. The van der Waals surface area contributed by atoms with Crippen molar-refractivity contribution >= 4 is 23.2 Å². The monoisotopic (exact) mass is 290 g/mol. The summed E-state index contributed by atoms with van der Waals surface area (Å²) in [6.45, 7) is 3.93. The van der Waals surface area contributed by atoms with Crippen LogP contribution in [0.2, 0.25) is 0 Å². The van der Waals surface area contributed by atoms with Gasteiger partial charge in [-0.1, -0.05) is 53.7 Å². The number of aryl methyl sites for hydroxylation is 1. The Bertz CT molecular complexity index is 451. The Kier molecular flexibility index (Phi) is 7.97. The third-order valence-electron chi connectivity index (χ3n) is 3.39. The second kappa shape index (κ2) is 9.54. The van der Waals surface area contributed by atoms with E-state index in [-0.39, 0.29) is 11.0 Å². The highest BCUT2D eigenvalue weighted by Crippen LogP contribution is 2.22. The minimum atomic E-state index is 0.0641. The third kappa shape index (κ3) is 6.20. The summed E-state index contributed by atoms with van der Waals surface area (Å²) in [5, 5.41) is 0.175. The molecule has 1 aromatic carbocycles.